The Bertz CT molecular complexity index is 1070. The van der Waals surface area contributed by atoms with Gasteiger partial charge in [-0.25, -0.2) is 9.37 Å². The Balaban J connectivity index is 1.74. The quantitative estimate of drug-likeness (QED) is 0.753. The average Bonchev–Trinajstić information content (AvgIpc) is 2.70. The lowest BCUT2D eigenvalue weighted by molar-refractivity contribution is -0.123. The minimum absolute atomic E-state index is 0.0971. The SMILES string of the molecule is NC(=O)C1CCN(Cc2nc3ccccc3c(=O)n2-c2ccc(F)cc2)CC1. The van der Waals surface area contributed by atoms with Crippen molar-refractivity contribution < 1.29 is 9.18 Å². The number of primary amides is 1. The number of fused-ring (bicyclic) bond motifs is 1. The Labute approximate surface area is 161 Å². The summed E-state index contributed by atoms with van der Waals surface area (Å²) in [4.78, 5) is 31.4. The third-order valence-corrected chi connectivity index (χ3v) is 5.28. The minimum Gasteiger partial charge on any atom is -0.369 e. The molecule has 3 aromatic rings. The summed E-state index contributed by atoms with van der Waals surface area (Å²) in [6.45, 7) is 1.88. The number of nitrogens with zero attached hydrogens (tertiary/aromatic N) is 3. The van der Waals surface area contributed by atoms with Gasteiger partial charge in [-0.3, -0.25) is 19.1 Å². The summed E-state index contributed by atoms with van der Waals surface area (Å²) in [6, 6.07) is 13.0. The van der Waals surface area contributed by atoms with E-state index < -0.39 is 0 Å². The Morgan fingerprint density at radius 1 is 1.11 bits per heavy atom. The Hall–Kier alpha value is -3.06. The number of para-hydroxylation sites is 1. The predicted octanol–water partition coefficient (Wildman–Crippen LogP) is 2.22. The number of aromatic nitrogens is 2. The molecule has 0 saturated carbocycles. The molecule has 0 aliphatic carbocycles. The first kappa shape index (κ1) is 18.3. The molecule has 0 unspecified atom stereocenters. The molecule has 0 bridgehead atoms. The van der Waals surface area contributed by atoms with Crippen LogP contribution in [-0.2, 0) is 11.3 Å². The molecular weight excluding hydrogens is 359 g/mol. The van der Waals surface area contributed by atoms with Crippen molar-refractivity contribution in [2.24, 2.45) is 11.7 Å². The van der Waals surface area contributed by atoms with Gasteiger partial charge in [-0.2, -0.15) is 0 Å². The van der Waals surface area contributed by atoms with Crippen LogP contribution in [0, 0.1) is 11.7 Å². The van der Waals surface area contributed by atoms with E-state index in [1.807, 2.05) is 12.1 Å². The van der Waals surface area contributed by atoms with E-state index in [1.54, 1.807) is 28.8 Å². The van der Waals surface area contributed by atoms with E-state index in [0.29, 0.717) is 54.9 Å². The van der Waals surface area contributed by atoms with Gasteiger partial charge in [-0.05, 0) is 62.3 Å². The second-order valence-electron chi connectivity index (χ2n) is 7.11. The van der Waals surface area contributed by atoms with Crippen molar-refractivity contribution in [1.82, 2.24) is 14.5 Å². The van der Waals surface area contributed by atoms with Gasteiger partial charge in [0.05, 0.1) is 23.1 Å². The molecule has 144 valence electrons. The summed E-state index contributed by atoms with van der Waals surface area (Å²) in [5.41, 5.74) is 6.44. The fourth-order valence-electron chi connectivity index (χ4n) is 3.72. The van der Waals surface area contributed by atoms with Crippen LogP contribution in [0.25, 0.3) is 16.6 Å². The molecule has 2 heterocycles. The molecule has 0 atom stereocenters. The highest BCUT2D eigenvalue weighted by atomic mass is 19.1. The van der Waals surface area contributed by atoms with Gasteiger partial charge >= 0.3 is 0 Å². The normalized spacial score (nSPS) is 15.8. The van der Waals surface area contributed by atoms with Crippen molar-refractivity contribution in [2.45, 2.75) is 19.4 Å². The number of hydrogen-bond acceptors (Lipinski definition) is 4. The Kier molecular flexibility index (Phi) is 4.92. The van der Waals surface area contributed by atoms with Gasteiger partial charge in [0.15, 0.2) is 0 Å². The van der Waals surface area contributed by atoms with E-state index in [2.05, 4.69) is 4.90 Å². The van der Waals surface area contributed by atoms with Gasteiger partial charge < -0.3 is 5.73 Å². The molecule has 1 fully saturated rings. The van der Waals surface area contributed by atoms with E-state index in [-0.39, 0.29) is 23.2 Å². The summed E-state index contributed by atoms with van der Waals surface area (Å²) < 4.78 is 14.9. The summed E-state index contributed by atoms with van der Waals surface area (Å²) >= 11 is 0. The molecule has 1 saturated heterocycles. The number of piperidine rings is 1. The third kappa shape index (κ3) is 3.53. The maximum absolute atomic E-state index is 13.4. The van der Waals surface area contributed by atoms with Gasteiger partial charge in [0.2, 0.25) is 5.91 Å². The number of halogens is 1. The molecule has 2 N–H and O–H groups in total. The highest BCUT2D eigenvalue weighted by Crippen LogP contribution is 2.20. The van der Waals surface area contributed by atoms with Gasteiger partial charge in [0.1, 0.15) is 11.6 Å². The van der Waals surface area contributed by atoms with E-state index in [4.69, 9.17) is 10.7 Å². The summed E-state index contributed by atoms with van der Waals surface area (Å²) in [6.07, 6.45) is 1.40. The first-order chi connectivity index (χ1) is 13.5. The van der Waals surface area contributed by atoms with E-state index in [0.717, 1.165) is 0 Å². The van der Waals surface area contributed by atoms with Crippen molar-refractivity contribution in [3.63, 3.8) is 0 Å². The van der Waals surface area contributed by atoms with Gasteiger partial charge in [-0.15, -0.1) is 0 Å². The third-order valence-electron chi connectivity index (χ3n) is 5.28. The lowest BCUT2D eigenvalue weighted by Gasteiger charge is -2.30. The molecule has 7 heteroatoms. The molecule has 1 aliphatic heterocycles. The number of benzene rings is 2. The van der Waals surface area contributed by atoms with Crippen molar-refractivity contribution in [1.29, 1.82) is 0 Å². The highest BCUT2D eigenvalue weighted by Gasteiger charge is 2.24. The van der Waals surface area contributed by atoms with Crippen molar-refractivity contribution in [3.8, 4) is 5.69 Å². The average molecular weight is 380 g/mol. The van der Waals surface area contributed by atoms with Crippen LogP contribution in [-0.4, -0.2) is 33.4 Å². The summed E-state index contributed by atoms with van der Waals surface area (Å²) in [5, 5.41) is 0.517. The highest BCUT2D eigenvalue weighted by molar-refractivity contribution is 5.78. The van der Waals surface area contributed by atoms with Crippen LogP contribution in [0.4, 0.5) is 4.39 Å². The fraction of sp³-hybridized carbons (Fsp3) is 0.286. The first-order valence-electron chi connectivity index (χ1n) is 9.31. The minimum atomic E-state index is -0.361. The number of likely N-dealkylation sites (tertiary alicyclic amines) is 1. The largest absolute Gasteiger partial charge is 0.369 e. The molecule has 28 heavy (non-hydrogen) atoms. The van der Waals surface area contributed by atoms with E-state index in [9.17, 15) is 14.0 Å². The molecule has 1 amide bonds. The topological polar surface area (TPSA) is 81.2 Å². The van der Waals surface area contributed by atoms with Crippen LogP contribution in [0.1, 0.15) is 18.7 Å². The number of hydrogen-bond donors (Lipinski definition) is 1. The number of carbonyl (C=O) groups is 1. The number of carbonyl (C=O) groups excluding carboxylic acids is 1. The van der Waals surface area contributed by atoms with E-state index >= 15 is 0 Å². The molecule has 0 spiro atoms. The monoisotopic (exact) mass is 380 g/mol. The Morgan fingerprint density at radius 3 is 2.46 bits per heavy atom. The van der Waals surface area contributed by atoms with Crippen LogP contribution in [0.2, 0.25) is 0 Å². The Morgan fingerprint density at radius 2 is 1.79 bits per heavy atom. The predicted molar refractivity (Wildman–Crippen MR) is 104 cm³/mol. The number of amides is 1. The van der Waals surface area contributed by atoms with Gasteiger partial charge in [0, 0.05) is 5.92 Å². The summed E-state index contributed by atoms with van der Waals surface area (Å²) in [5.74, 6) is -0.125. The zero-order valence-corrected chi connectivity index (χ0v) is 15.3. The van der Waals surface area contributed by atoms with Gasteiger partial charge in [0.25, 0.3) is 5.56 Å². The first-order valence-corrected chi connectivity index (χ1v) is 9.31. The number of rotatable bonds is 4. The molecule has 4 rings (SSSR count). The van der Waals surface area contributed by atoms with Gasteiger partial charge in [-0.1, -0.05) is 12.1 Å². The maximum Gasteiger partial charge on any atom is 0.266 e. The van der Waals surface area contributed by atoms with Crippen molar-refractivity contribution >= 4 is 16.8 Å². The lowest BCUT2D eigenvalue weighted by atomic mass is 9.96. The molecule has 1 aromatic heterocycles. The molecule has 2 aromatic carbocycles. The van der Waals surface area contributed by atoms with Crippen LogP contribution in [0.3, 0.4) is 0 Å². The zero-order chi connectivity index (χ0) is 19.7. The van der Waals surface area contributed by atoms with Crippen LogP contribution >= 0.6 is 0 Å². The second kappa shape index (κ2) is 7.52. The van der Waals surface area contributed by atoms with Crippen LogP contribution < -0.4 is 11.3 Å². The molecule has 1 aliphatic rings. The molecule has 6 nitrogen and oxygen atoms in total. The second-order valence-corrected chi connectivity index (χ2v) is 7.11. The van der Waals surface area contributed by atoms with Crippen molar-refractivity contribution in [2.75, 3.05) is 13.1 Å². The molecular formula is C21H21FN4O2. The smallest absolute Gasteiger partial charge is 0.266 e. The standard InChI is InChI=1S/C21H21FN4O2/c22-15-5-7-16(8-6-15)26-19(13-25-11-9-14(10-12-25)20(23)27)24-18-4-2-1-3-17(18)21(26)28/h1-8,14H,9-13H2,(H2,23,27). The maximum atomic E-state index is 13.4. The lowest BCUT2D eigenvalue weighted by Crippen LogP contribution is -2.39. The zero-order valence-electron chi connectivity index (χ0n) is 15.3. The van der Waals surface area contributed by atoms with Crippen LogP contribution in [0.15, 0.2) is 53.3 Å². The summed E-state index contributed by atoms with van der Waals surface area (Å²) in [7, 11) is 0. The number of nitrogens with two attached hydrogens (primary N) is 1. The van der Waals surface area contributed by atoms with Crippen LogP contribution in [0.5, 0.6) is 0 Å². The fourth-order valence-corrected chi connectivity index (χ4v) is 3.72. The van der Waals surface area contributed by atoms with E-state index in [1.165, 1.54) is 12.1 Å². The molecule has 0 radical (unpaired) electrons. The van der Waals surface area contributed by atoms with Crippen molar-refractivity contribution in [3.05, 3.63) is 70.5 Å².